The van der Waals surface area contributed by atoms with Crippen LogP contribution in [0.1, 0.15) is 40.0 Å². The Labute approximate surface area is 138 Å². The molecule has 1 aromatic carbocycles. The number of hydrogen-bond acceptors (Lipinski definition) is 3. The van der Waals surface area contributed by atoms with E-state index in [-0.39, 0.29) is 17.9 Å². The van der Waals surface area contributed by atoms with Crippen molar-refractivity contribution in [1.82, 2.24) is 5.32 Å². The predicted molar refractivity (Wildman–Crippen MR) is 93.8 cm³/mol. The lowest BCUT2D eigenvalue weighted by Crippen LogP contribution is -2.36. The Kier molecular flexibility index (Phi) is 6.02. The summed E-state index contributed by atoms with van der Waals surface area (Å²) in [6.07, 6.45) is 2.80. The first-order chi connectivity index (χ1) is 11.0. The molecule has 1 aromatic rings. The Morgan fingerprint density at radius 1 is 1.17 bits per heavy atom. The zero-order valence-electron chi connectivity index (χ0n) is 14.3. The topological polar surface area (TPSA) is 52.7 Å². The van der Waals surface area contributed by atoms with Crippen molar-refractivity contribution in [3.05, 3.63) is 24.3 Å². The Bertz CT molecular complexity index is 534. The molecule has 2 amide bonds. The minimum Gasteiger partial charge on any atom is -0.372 e. The third kappa shape index (κ3) is 4.98. The smallest absolute Gasteiger partial charge is 0.223 e. The van der Waals surface area contributed by atoms with Crippen LogP contribution < -0.4 is 15.1 Å². The van der Waals surface area contributed by atoms with Gasteiger partial charge in [0.15, 0.2) is 0 Å². The zero-order valence-corrected chi connectivity index (χ0v) is 14.3. The number of carbonyl (C=O) groups is 2. The Morgan fingerprint density at radius 3 is 2.30 bits per heavy atom. The van der Waals surface area contributed by atoms with Crippen molar-refractivity contribution in [3.63, 3.8) is 0 Å². The average molecular weight is 317 g/mol. The molecule has 1 fully saturated rings. The van der Waals surface area contributed by atoms with Gasteiger partial charge < -0.3 is 15.1 Å². The molecule has 0 atom stereocenters. The van der Waals surface area contributed by atoms with E-state index in [2.05, 4.69) is 22.3 Å². The molecule has 5 nitrogen and oxygen atoms in total. The number of benzene rings is 1. The molecule has 5 heteroatoms. The van der Waals surface area contributed by atoms with Crippen LogP contribution in [0.5, 0.6) is 0 Å². The van der Waals surface area contributed by atoms with E-state index in [1.54, 1.807) is 4.90 Å². The highest BCUT2D eigenvalue weighted by atomic mass is 16.2. The van der Waals surface area contributed by atoms with Crippen LogP contribution >= 0.6 is 0 Å². The number of hydrogen-bond donors (Lipinski definition) is 1. The van der Waals surface area contributed by atoms with Gasteiger partial charge in [0.05, 0.1) is 0 Å². The van der Waals surface area contributed by atoms with Crippen LogP contribution in [0, 0.1) is 0 Å². The number of amides is 2. The molecule has 0 bridgehead atoms. The molecule has 1 N–H and O–H groups in total. The van der Waals surface area contributed by atoms with E-state index in [1.807, 2.05) is 26.0 Å². The molecule has 1 aliphatic rings. The highest BCUT2D eigenvalue weighted by Crippen LogP contribution is 2.24. The van der Waals surface area contributed by atoms with Crippen molar-refractivity contribution in [2.24, 2.45) is 0 Å². The van der Waals surface area contributed by atoms with Crippen LogP contribution in [-0.4, -0.2) is 37.5 Å². The predicted octanol–water partition coefficient (Wildman–Crippen LogP) is 2.55. The highest BCUT2D eigenvalue weighted by Gasteiger charge is 2.16. The molecule has 126 valence electrons. The summed E-state index contributed by atoms with van der Waals surface area (Å²) in [6.45, 7) is 8.00. The third-order valence-electron chi connectivity index (χ3n) is 4.02. The van der Waals surface area contributed by atoms with E-state index in [0.29, 0.717) is 13.0 Å². The monoisotopic (exact) mass is 317 g/mol. The fourth-order valence-electron chi connectivity index (χ4n) is 2.89. The molecule has 2 rings (SSSR count). The second-order valence-corrected chi connectivity index (χ2v) is 6.35. The maximum atomic E-state index is 11.9. The first kappa shape index (κ1) is 17.3. The Hall–Kier alpha value is -2.04. The molecule has 0 unspecified atom stereocenters. The summed E-state index contributed by atoms with van der Waals surface area (Å²) in [5, 5.41) is 2.85. The molecule has 0 radical (unpaired) electrons. The summed E-state index contributed by atoms with van der Waals surface area (Å²) < 4.78 is 0. The first-order valence-electron chi connectivity index (χ1n) is 8.40. The van der Waals surface area contributed by atoms with Gasteiger partial charge >= 0.3 is 0 Å². The SMILES string of the molecule is CC(=O)N(CCC(=O)NC(C)C)c1ccc(N2CCCC2)cc1. The highest BCUT2D eigenvalue weighted by molar-refractivity contribution is 5.92. The van der Waals surface area contributed by atoms with Crippen LogP contribution in [0.25, 0.3) is 0 Å². The van der Waals surface area contributed by atoms with Gasteiger partial charge in [-0.1, -0.05) is 0 Å². The van der Waals surface area contributed by atoms with E-state index >= 15 is 0 Å². The minimum atomic E-state index is -0.0451. The summed E-state index contributed by atoms with van der Waals surface area (Å²) >= 11 is 0. The van der Waals surface area contributed by atoms with Gasteiger partial charge in [0, 0.05) is 50.4 Å². The van der Waals surface area contributed by atoms with Gasteiger partial charge in [0.25, 0.3) is 0 Å². The lowest BCUT2D eigenvalue weighted by Gasteiger charge is -2.23. The van der Waals surface area contributed by atoms with E-state index in [1.165, 1.54) is 25.5 Å². The number of nitrogens with zero attached hydrogens (tertiary/aromatic N) is 2. The van der Waals surface area contributed by atoms with Crippen molar-refractivity contribution in [2.75, 3.05) is 29.4 Å². The van der Waals surface area contributed by atoms with Crippen molar-refractivity contribution < 1.29 is 9.59 Å². The van der Waals surface area contributed by atoms with Crippen molar-refractivity contribution in [3.8, 4) is 0 Å². The van der Waals surface area contributed by atoms with Crippen molar-refractivity contribution in [2.45, 2.75) is 46.1 Å². The zero-order chi connectivity index (χ0) is 16.8. The van der Waals surface area contributed by atoms with Crippen LogP contribution in [0.3, 0.4) is 0 Å². The molecule has 0 saturated carbocycles. The fourth-order valence-corrected chi connectivity index (χ4v) is 2.89. The molecule has 1 saturated heterocycles. The van der Waals surface area contributed by atoms with Gasteiger partial charge in [0.2, 0.25) is 11.8 Å². The van der Waals surface area contributed by atoms with Gasteiger partial charge in [-0.25, -0.2) is 0 Å². The van der Waals surface area contributed by atoms with E-state index < -0.39 is 0 Å². The summed E-state index contributed by atoms with van der Waals surface area (Å²) in [7, 11) is 0. The third-order valence-corrected chi connectivity index (χ3v) is 4.02. The van der Waals surface area contributed by atoms with Crippen molar-refractivity contribution >= 4 is 23.2 Å². The van der Waals surface area contributed by atoms with Gasteiger partial charge in [-0.3, -0.25) is 9.59 Å². The van der Waals surface area contributed by atoms with Crippen LogP contribution in [0.2, 0.25) is 0 Å². The molecular formula is C18H27N3O2. The summed E-state index contributed by atoms with van der Waals surface area (Å²) in [4.78, 5) is 27.7. The molecule has 23 heavy (non-hydrogen) atoms. The van der Waals surface area contributed by atoms with Gasteiger partial charge in [-0.15, -0.1) is 0 Å². The second kappa shape index (κ2) is 7.99. The molecular weight excluding hydrogens is 290 g/mol. The van der Waals surface area contributed by atoms with E-state index in [4.69, 9.17) is 0 Å². The van der Waals surface area contributed by atoms with Crippen molar-refractivity contribution in [1.29, 1.82) is 0 Å². The minimum absolute atomic E-state index is 0.0278. The van der Waals surface area contributed by atoms with Gasteiger partial charge in [0.1, 0.15) is 0 Å². The van der Waals surface area contributed by atoms with Gasteiger partial charge in [-0.05, 0) is 51.0 Å². The van der Waals surface area contributed by atoms with Gasteiger partial charge in [-0.2, -0.15) is 0 Å². The molecule has 0 aromatic heterocycles. The molecule has 1 aliphatic heterocycles. The number of nitrogens with one attached hydrogen (secondary N) is 1. The fraction of sp³-hybridized carbons (Fsp3) is 0.556. The van der Waals surface area contributed by atoms with Crippen LogP contribution in [0.4, 0.5) is 11.4 Å². The summed E-state index contributed by atoms with van der Waals surface area (Å²) in [5.41, 5.74) is 2.05. The Balaban J connectivity index is 1.99. The second-order valence-electron chi connectivity index (χ2n) is 6.35. The maximum absolute atomic E-state index is 11.9. The molecule has 0 spiro atoms. The normalized spacial score (nSPS) is 14.2. The number of rotatable bonds is 6. The number of anilines is 2. The standard InChI is InChI=1S/C18H27N3O2/c1-14(2)19-18(23)10-13-21(15(3)22)17-8-6-16(7-9-17)20-11-4-5-12-20/h6-9,14H,4-5,10-13H2,1-3H3,(H,19,23). The van der Waals surface area contributed by atoms with E-state index in [0.717, 1.165) is 18.8 Å². The van der Waals surface area contributed by atoms with Crippen LogP contribution in [-0.2, 0) is 9.59 Å². The van der Waals surface area contributed by atoms with E-state index in [9.17, 15) is 9.59 Å². The quantitative estimate of drug-likeness (QED) is 0.877. The summed E-state index contributed by atoms with van der Waals surface area (Å²) in [5.74, 6) is -0.0730. The first-order valence-corrected chi connectivity index (χ1v) is 8.40. The lowest BCUT2D eigenvalue weighted by molar-refractivity contribution is -0.121. The average Bonchev–Trinajstić information content (AvgIpc) is 3.01. The summed E-state index contributed by atoms with van der Waals surface area (Å²) in [6, 6.07) is 8.17. The van der Waals surface area contributed by atoms with Crippen LogP contribution in [0.15, 0.2) is 24.3 Å². The molecule has 1 heterocycles. The number of carbonyl (C=O) groups excluding carboxylic acids is 2. The largest absolute Gasteiger partial charge is 0.372 e. The maximum Gasteiger partial charge on any atom is 0.223 e. The Morgan fingerprint density at radius 2 is 1.78 bits per heavy atom. The molecule has 0 aliphatic carbocycles. The lowest BCUT2D eigenvalue weighted by atomic mass is 10.2.